The average molecular weight is 236 g/mol. The number of rotatable bonds is 3. The van der Waals surface area contributed by atoms with Gasteiger partial charge in [0.05, 0.1) is 6.10 Å². The van der Waals surface area contributed by atoms with E-state index in [4.69, 9.17) is 16.7 Å². The van der Waals surface area contributed by atoms with E-state index in [-0.39, 0.29) is 29.6 Å². The standard InChI is InChI=1S/C10H9ClO3.Na/c11-8-3-1-7(2-4-8)9(12)5-6-10(13)14;/h1-6,9,12H,(H,13,14);/b6-5+;. The molecule has 3 nitrogen and oxygen atoms in total. The number of aliphatic hydroxyl groups is 1. The smallest absolute Gasteiger partial charge is 0.328 e. The Hall–Kier alpha value is -0.320. The number of carboxylic acid groups (broad SMARTS) is 1. The molecule has 1 aromatic carbocycles. The molecule has 1 atom stereocenters. The van der Waals surface area contributed by atoms with Gasteiger partial charge in [0, 0.05) is 40.7 Å². The Morgan fingerprint density at radius 1 is 1.33 bits per heavy atom. The number of carboxylic acids is 1. The second-order valence-corrected chi connectivity index (χ2v) is 3.13. The Morgan fingerprint density at radius 2 is 1.87 bits per heavy atom. The van der Waals surface area contributed by atoms with Crippen LogP contribution in [-0.2, 0) is 4.79 Å². The summed E-state index contributed by atoms with van der Waals surface area (Å²) in [6, 6.07) is 6.54. The predicted molar refractivity (Wildman–Crippen MR) is 58.9 cm³/mol. The topological polar surface area (TPSA) is 57.5 Å². The van der Waals surface area contributed by atoms with Crippen molar-refractivity contribution in [3.8, 4) is 0 Å². The summed E-state index contributed by atoms with van der Waals surface area (Å²) in [5.41, 5.74) is 0.604. The number of hydrogen-bond donors (Lipinski definition) is 2. The molecule has 5 heteroatoms. The molecule has 2 N–H and O–H groups in total. The van der Waals surface area contributed by atoms with Gasteiger partial charge in [0.25, 0.3) is 0 Å². The number of benzene rings is 1. The normalized spacial score (nSPS) is 12.1. The van der Waals surface area contributed by atoms with Crippen LogP contribution in [0.15, 0.2) is 36.4 Å². The monoisotopic (exact) mass is 235 g/mol. The van der Waals surface area contributed by atoms with E-state index in [1.165, 1.54) is 6.08 Å². The minimum absolute atomic E-state index is 0. The van der Waals surface area contributed by atoms with Crippen LogP contribution in [0.2, 0.25) is 5.02 Å². The van der Waals surface area contributed by atoms with Crippen molar-refractivity contribution in [2.45, 2.75) is 6.10 Å². The van der Waals surface area contributed by atoms with Crippen LogP contribution < -0.4 is 0 Å². The van der Waals surface area contributed by atoms with Crippen molar-refractivity contribution in [3.63, 3.8) is 0 Å². The molecule has 0 bridgehead atoms. The second-order valence-electron chi connectivity index (χ2n) is 2.69. The first-order valence-corrected chi connectivity index (χ1v) is 4.32. The Bertz CT molecular complexity index is 348. The van der Waals surface area contributed by atoms with Crippen LogP contribution >= 0.6 is 11.6 Å². The van der Waals surface area contributed by atoms with Crippen molar-refractivity contribution in [3.05, 3.63) is 47.0 Å². The molecule has 0 saturated carbocycles. The molecular formula is C10H9ClNaO3. The minimum atomic E-state index is -1.09. The van der Waals surface area contributed by atoms with Gasteiger partial charge < -0.3 is 10.2 Å². The fraction of sp³-hybridized carbons (Fsp3) is 0.100. The van der Waals surface area contributed by atoms with Gasteiger partial charge in [0.1, 0.15) is 0 Å². The zero-order chi connectivity index (χ0) is 10.6. The van der Waals surface area contributed by atoms with Crippen LogP contribution in [0.1, 0.15) is 11.7 Å². The summed E-state index contributed by atoms with van der Waals surface area (Å²) in [5.74, 6) is -1.09. The third-order valence-electron chi connectivity index (χ3n) is 1.63. The summed E-state index contributed by atoms with van der Waals surface area (Å²) >= 11 is 5.65. The summed E-state index contributed by atoms with van der Waals surface area (Å²) in [6.45, 7) is 0. The maximum absolute atomic E-state index is 10.2. The van der Waals surface area contributed by atoms with Gasteiger partial charge in [0.15, 0.2) is 0 Å². The molecule has 1 aromatic rings. The summed E-state index contributed by atoms with van der Waals surface area (Å²) in [5, 5.41) is 18.4. The molecular weight excluding hydrogens is 227 g/mol. The van der Waals surface area contributed by atoms with E-state index in [9.17, 15) is 9.90 Å². The maximum Gasteiger partial charge on any atom is 0.328 e. The second kappa shape index (κ2) is 7.04. The van der Waals surface area contributed by atoms with Gasteiger partial charge in [-0.3, -0.25) is 0 Å². The van der Waals surface area contributed by atoms with Crippen LogP contribution in [0.4, 0.5) is 0 Å². The molecule has 0 saturated heterocycles. The van der Waals surface area contributed by atoms with Gasteiger partial charge in [-0.25, -0.2) is 4.79 Å². The summed E-state index contributed by atoms with van der Waals surface area (Å²) in [7, 11) is 0. The Balaban J connectivity index is 0.00000196. The molecule has 0 aliphatic rings. The van der Waals surface area contributed by atoms with Gasteiger partial charge in [-0.2, -0.15) is 0 Å². The van der Waals surface area contributed by atoms with E-state index in [1.807, 2.05) is 0 Å². The van der Waals surface area contributed by atoms with Crippen molar-refractivity contribution >= 4 is 47.1 Å². The fourth-order valence-electron chi connectivity index (χ4n) is 0.945. The molecule has 0 amide bonds. The van der Waals surface area contributed by atoms with Crippen LogP contribution in [-0.4, -0.2) is 45.7 Å². The molecule has 0 aliphatic heterocycles. The summed E-state index contributed by atoms with van der Waals surface area (Å²) < 4.78 is 0. The van der Waals surface area contributed by atoms with E-state index in [0.29, 0.717) is 10.6 Å². The first-order valence-electron chi connectivity index (χ1n) is 3.94. The Morgan fingerprint density at radius 3 is 2.33 bits per heavy atom. The van der Waals surface area contributed by atoms with Gasteiger partial charge in [0.2, 0.25) is 0 Å². The number of hydrogen-bond acceptors (Lipinski definition) is 2. The van der Waals surface area contributed by atoms with Crippen molar-refractivity contribution < 1.29 is 15.0 Å². The molecule has 0 aromatic heterocycles. The van der Waals surface area contributed by atoms with E-state index in [2.05, 4.69) is 0 Å². The van der Waals surface area contributed by atoms with Crippen LogP contribution in [0.5, 0.6) is 0 Å². The SMILES string of the molecule is O=C(O)/C=C/C(O)c1ccc(Cl)cc1.[Na]. The minimum Gasteiger partial charge on any atom is -0.478 e. The fourth-order valence-corrected chi connectivity index (χ4v) is 1.07. The number of halogens is 1. The van der Waals surface area contributed by atoms with Gasteiger partial charge in [-0.05, 0) is 23.8 Å². The number of carbonyl (C=O) groups is 1. The zero-order valence-corrected chi connectivity index (χ0v) is 11.0. The van der Waals surface area contributed by atoms with E-state index in [0.717, 1.165) is 6.08 Å². The molecule has 0 fully saturated rings. The maximum atomic E-state index is 10.2. The first-order chi connectivity index (χ1) is 6.59. The number of aliphatic hydroxyl groups excluding tert-OH is 1. The van der Waals surface area contributed by atoms with Crippen LogP contribution in [0.25, 0.3) is 0 Å². The zero-order valence-electron chi connectivity index (χ0n) is 8.22. The quantitative estimate of drug-likeness (QED) is 0.619. The van der Waals surface area contributed by atoms with Gasteiger partial charge in [-0.15, -0.1) is 0 Å². The van der Waals surface area contributed by atoms with Gasteiger partial charge >= 0.3 is 5.97 Å². The Labute approximate surface area is 115 Å². The van der Waals surface area contributed by atoms with Crippen molar-refractivity contribution in [1.29, 1.82) is 0 Å². The average Bonchev–Trinajstić information content (AvgIpc) is 2.15. The number of aliphatic carboxylic acids is 1. The molecule has 15 heavy (non-hydrogen) atoms. The molecule has 1 radical (unpaired) electrons. The van der Waals surface area contributed by atoms with Crippen molar-refractivity contribution in [2.24, 2.45) is 0 Å². The summed E-state index contributed by atoms with van der Waals surface area (Å²) in [4.78, 5) is 10.2. The first kappa shape index (κ1) is 14.7. The predicted octanol–water partition coefficient (Wildman–Crippen LogP) is 1.63. The van der Waals surface area contributed by atoms with Crippen molar-refractivity contribution in [2.75, 3.05) is 0 Å². The van der Waals surface area contributed by atoms with Crippen LogP contribution in [0, 0.1) is 0 Å². The third kappa shape index (κ3) is 5.35. The van der Waals surface area contributed by atoms with Crippen LogP contribution in [0.3, 0.4) is 0 Å². The largest absolute Gasteiger partial charge is 0.478 e. The van der Waals surface area contributed by atoms with Gasteiger partial charge in [-0.1, -0.05) is 23.7 Å². The van der Waals surface area contributed by atoms with E-state index >= 15 is 0 Å². The molecule has 75 valence electrons. The molecule has 1 unspecified atom stereocenters. The molecule has 0 heterocycles. The molecule has 0 aliphatic carbocycles. The third-order valence-corrected chi connectivity index (χ3v) is 1.88. The van der Waals surface area contributed by atoms with Crippen molar-refractivity contribution in [1.82, 2.24) is 0 Å². The van der Waals surface area contributed by atoms with E-state index < -0.39 is 12.1 Å². The molecule has 1 rings (SSSR count). The Kier molecular flexibility index (Phi) is 6.89. The summed E-state index contributed by atoms with van der Waals surface area (Å²) in [6.07, 6.45) is 1.19. The van der Waals surface area contributed by atoms with E-state index in [1.54, 1.807) is 24.3 Å². The molecule has 0 spiro atoms.